The van der Waals surface area contributed by atoms with Crippen LogP contribution in [0.25, 0.3) is 28.3 Å². The summed E-state index contributed by atoms with van der Waals surface area (Å²) >= 11 is 0. The molecule has 0 aliphatic rings. The van der Waals surface area contributed by atoms with Crippen molar-refractivity contribution >= 4 is 0 Å². The first-order valence-corrected chi connectivity index (χ1v) is 15.8. The van der Waals surface area contributed by atoms with E-state index in [2.05, 4.69) is 153 Å². The van der Waals surface area contributed by atoms with Gasteiger partial charge in [-0.1, -0.05) is 71.9 Å². The van der Waals surface area contributed by atoms with Crippen LogP contribution >= 0.6 is 0 Å². The van der Waals surface area contributed by atoms with Gasteiger partial charge in [0.25, 0.3) is 0 Å². The van der Waals surface area contributed by atoms with E-state index in [0.29, 0.717) is 0 Å². The molecule has 0 aliphatic carbocycles. The predicted molar refractivity (Wildman–Crippen MR) is 184 cm³/mol. The van der Waals surface area contributed by atoms with Gasteiger partial charge in [0.15, 0.2) is 0 Å². The molecular weight excluding hydrogens is 730 g/mol. The number of para-hydroxylation sites is 1. The molecule has 45 heavy (non-hydrogen) atoms. The Labute approximate surface area is 285 Å². The number of imidazole rings is 1. The normalized spacial score (nSPS) is 12.2. The van der Waals surface area contributed by atoms with Crippen LogP contribution < -0.4 is 0 Å². The summed E-state index contributed by atoms with van der Waals surface area (Å²) in [7, 11) is 0. The fourth-order valence-corrected chi connectivity index (χ4v) is 6.04. The Hall–Kier alpha value is -3.29. The zero-order valence-electron chi connectivity index (χ0n) is 28.6. The van der Waals surface area contributed by atoms with Crippen molar-refractivity contribution in [1.82, 2.24) is 14.5 Å². The summed E-state index contributed by atoms with van der Waals surface area (Å²) < 4.78 is 2.27. The molecule has 3 aromatic carbocycles. The van der Waals surface area contributed by atoms with Gasteiger partial charge in [-0.05, 0) is 74.3 Å². The summed E-state index contributed by atoms with van der Waals surface area (Å²) in [5, 5.41) is 0. The summed E-state index contributed by atoms with van der Waals surface area (Å²) in [6.07, 6.45) is 4.20. The first-order chi connectivity index (χ1) is 20.6. The smallest absolute Gasteiger partial charge is 0.339 e. The molecule has 0 aliphatic heterocycles. The second-order valence-electron chi connectivity index (χ2n) is 15.3. The van der Waals surface area contributed by atoms with E-state index in [4.69, 9.17) is 9.97 Å². The van der Waals surface area contributed by atoms with Crippen molar-refractivity contribution in [2.24, 2.45) is 10.8 Å². The SMILES string of the molecule is Cc1cccc(C)c1-n1cc(C(C)(C)c2cccc(-c3[c-]ccc(CC(C)(C)C)c3)n2)nc1-c1[c-]ccc(CC(C)(C)C)c1.[Pt+2]. The Morgan fingerprint density at radius 1 is 0.644 bits per heavy atom. The van der Waals surface area contributed by atoms with Crippen molar-refractivity contribution in [2.75, 3.05) is 0 Å². The minimum absolute atomic E-state index is 0. The Morgan fingerprint density at radius 3 is 1.76 bits per heavy atom. The Bertz CT molecular complexity index is 1760. The van der Waals surface area contributed by atoms with Crippen molar-refractivity contribution in [1.29, 1.82) is 0 Å². The first kappa shape index (κ1) is 34.6. The van der Waals surface area contributed by atoms with Crippen molar-refractivity contribution < 1.29 is 21.1 Å². The van der Waals surface area contributed by atoms with E-state index < -0.39 is 5.41 Å². The number of aromatic nitrogens is 3. The minimum Gasteiger partial charge on any atom is -0.339 e. The van der Waals surface area contributed by atoms with E-state index in [1.54, 1.807) is 0 Å². The molecule has 4 heteroatoms. The maximum atomic E-state index is 5.37. The van der Waals surface area contributed by atoms with Gasteiger partial charge in [0.1, 0.15) is 0 Å². The summed E-state index contributed by atoms with van der Waals surface area (Å²) in [4.78, 5) is 10.6. The predicted octanol–water partition coefficient (Wildman–Crippen LogP) is 10.3. The van der Waals surface area contributed by atoms with Gasteiger partial charge in [0.2, 0.25) is 0 Å². The number of aryl methyl sites for hydroxylation is 2. The standard InChI is InChI=1S/C41H47N3.Pt/c1-28-15-11-16-29(2)37(28)44-27-36(43-38(44)33-20-13-18-31(24-33)26-40(6,7)8)41(9,10)35-22-14-21-34(42-35)32-19-12-17-30(23-32)25-39(3,4)5;/h11-18,21-24,27H,25-26H2,1-10H3;/q-2;+2. The largest absolute Gasteiger partial charge is 2.00 e. The van der Waals surface area contributed by atoms with Gasteiger partial charge in [-0.3, -0.25) is 4.98 Å². The molecule has 2 aromatic heterocycles. The molecule has 0 radical (unpaired) electrons. The van der Waals surface area contributed by atoms with Gasteiger partial charge >= 0.3 is 21.1 Å². The Kier molecular flexibility index (Phi) is 10.2. The van der Waals surface area contributed by atoms with E-state index >= 15 is 0 Å². The number of hydrogen-bond donors (Lipinski definition) is 0. The zero-order chi connectivity index (χ0) is 31.9. The molecule has 0 amide bonds. The molecular formula is C41H47N3Pt. The molecule has 0 N–H and O–H groups in total. The summed E-state index contributed by atoms with van der Waals surface area (Å²) in [5.41, 5.74) is 11.1. The van der Waals surface area contributed by atoms with Crippen LogP contribution in [0.2, 0.25) is 0 Å². The van der Waals surface area contributed by atoms with E-state index in [9.17, 15) is 0 Å². The van der Waals surface area contributed by atoms with Crippen molar-refractivity contribution in [3.8, 4) is 28.3 Å². The molecule has 0 saturated heterocycles. The van der Waals surface area contributed by atoms with E-state index in [1.165, 1.54) is 27.9 Å². The number of pyridine rings is 1. The summed E-state index contributed by atoms with van der Waals surface area (Å²) in [6, 6.07) is 32.6. The third-order valence-corrected chi connectivity index (χ3v) is 8.13. The van der Waals surface area contributed by atoms with Crippen LogP contribution in [0.1, 0.15) is 89.0 Å². The van der Waals surface area contributed by atoms with Crippen LogP contribution in [0, 0.1) is 36.8 Å². The van der Waals surface area contributed by atoms with Crippen LogP contribution in [0.3, 0.4) is 0 Å². The third-order valence-electron chi connectivity index (χ3n) is 8.13. The molecule has 5 rings (SSSR count). The molecule has 0 bridgehead atoms. The monoisotopic (exact) mass is 776 g/mol. The average Bonchev–Trinajstić information content (AvgIpc) is 3.37. The number of hydrogen-bond acceptors (Lipinski definition) is 2. The maximum Gasteiger partial charge on any atom is 2.00 e. The van der Waals surface area contributed by atoms with Gasteiger partial charge in [0, 0.05) is 23.0 Å². The van der Waals surface area contributed by atoms with E-state index in [0.717, 1.165) is 46.9 Å². The second kappa shape index (κ2) is 13.2. The Balaban J connectivity index is 0.00000461. The minimum atomic E-state index is -0.446. The molecule has 236 valence electrons. The van der Waals surface area contributed by atoms with E-state index in [1.807, 2.05) is 12.1 Å². The van der Waals surface area contributed by atoms with Crippen LogP contribution in [-0.4, -0.2) is 14.5 Å². The third kappa shape index (κ3) is 8.11. The molecule has 0 spiro atoms. The van der Waals surface area contributed by atoms with Gasteiger partial charge in [-0.15, -0.1) is 70.8 Å². The van der Waals surface area contributed by atoms with Gasteiger partial charge in [-0.25, -0.2) is 0 Å². The summed E-state index contributed by atoms with van der Waals surface area (Å²) in [5.74, 6) is 0.903. The Morgan fingerprint density at radius 2 is 1.18 bits per heavy atom. The molecule has 0 unspecified atom stereocenters. The number of rotatable bonds is 7. The maximum absolute atomic E-state index is 5.37. The number of benzene rings is 3. The van der Waals surface area contributed by atoms with Gasteiger partial charge < -0.3 is 9.55 Å². The zero-order valence-corrected chi connectivity index (χ0v) is 30.8. The van der Waals surface area contributed by atoms with Gasteiger partial charge in [0.05, 0.1) is 11.5 Å². The fourth-order valence-electron chi connectivity index (χ4n) is 6.04. The fraction of sp³-hybridized carbons (Fsp3) is 0.366. The topological polar surface area (TPSA) is 30.7 Å². The van der Waals surface area contributed by atoms with Crippen molar-refractivity contribution in [3.63, 3.8) is 0 Å². The van der Waals surface area contributed by atoms with Crippen LogP contribution in [-0.2, 0) is 39.3 Å². The van der Waals surface area contributed by atoms with E-state index in [-0.39, 0.29) is 31.9 Å². The molecule has 0 fully saturated rings. The molecule has 5 aromatic rings. The average molecular weight is 777 g/mol. The molecule has 0 saturated carbocycles. The second-order valence-corrected chi connectivity index (χ2v) is 15.3. The summed E-state index contributed by atoms with van der Waals surface area (Å²) in [6.45, 7) is 22.4. The molecule has 3 nitrogen and oxygen atoms in total. The van der Waals surface area contributed by atoms with Crippen molar-refractivity contribution in [3.05, 3.63) is 125 Å². The van der Waals surface area contributed by atoms with Crippen LogP contribution in [0.15, 0.2) is 79.0 Å². The molecule has 2 heterocycles. The number of nitrogens with zero attached hydrogens (tertiary/aromatic N) is 3. The van der Waals surface area contributed by atoms with Crippen LogP contribution in [0.4, 0.5) is 0 Å². The van der Waals surface area contributed by atoms with Crippen molar-refractivity contribution in [2.45, 2.75) is 87.5 Å². The molecule has 0 atom stereocenters. The van der Waals surface area contributed by atoms with Gasteiger partial charge in [-0.2, -0.15) is 0 Å². The van der Waals surface area contributed by atoms with Crippen LogP contribution in [0.5, 0.6) is 0 Å². The first-order valence-electron chi connectivity index (χ1n) is 15.8. The quantitative estimate of drug-likeness (QED) is 0.154.